The normalized spacial score (nSPS) is 25.7. The van der Waals surface area contributed by atoms with Gasteiger partial charge in [-0.1, -0.05) is 13.8 Å². The quantitative estimate of drug-likeness (QED) is 0.895. The fourth-order valence-electron chi connectivity index (χ4n) is 2.98. The molecular weight excluding hydrogens is 266 g/mol. The Kier molecular flexibility index (Phi) is 3.72. The molecule has 0 aromatic carbocycles. The highest BCUT2D eigenvalue weighted by atomic mass is 15.4. The first-order valence-corrected chi connectivity index (χ1v) is 7.40. The van der Waals surface area contributed by atoms with Gasteiger partial charge < -0.3 is 11.1 Å². The minimum absolute atomic E-state index is 0.204. The Morgan fingerprint density at radius 3 is 2.81 bits per heavy atom. The third-order valence-electron chi connectivity index (χ3n) is 4.10. The summed E-state index contributed by atoms with van der Waals surface area (Å²) in [6.07, 6.45) is 7.05. The Balaban J connectivity index is 1.79. The molecule has 0 aliphatic heterocycles. The van der Waals surface area contributed by atoms with E-state index >= 15 is 0 Å². The van der Waals surface area contributed by atoms with Gasteiger partial charge in [-0.05, 0) is 37.2 Å². The molecule has 3 unspecified atom stereocenters. The second-order valence-electron chi connectivity index (χ2n) is 5.91. The van der Waals surface area contributed by atoms with Crippen molar-refractivity contribution >= 4 is 11.9 Å². The third kappa shape index (κ3) is 3.12. The van der Waals surface area contributed by atoms with Crippen molar-refractivity contribution in [1.82, 2.24) is 24.7 Å². The van der Waals surface area contributed by atoms with Crippen molar-refractivity contribution < 1.29 is 0 Å². The molecule has 1 fully saturated rings. The predicted molar refractivity (Wildman–Crippen MR) is 81.0 cm³/mol. The summed E-state index contributed by atoms with van der Waals surface area (Å²) in [7, 11) is 0. The number of nitrogens with zero attached hydrogens (tertiary/aromatic N) is 5. The molecule has 7 heteroatoms. The molecule has 2 aromatic heterocycles. The standard InChI is InChI=1S/C14H21N7/c1-9-4-5-11(10(2)8-9)17-13-18-12(15)19-14(20-13)21-7-3-6-16-21/h3,6-7,9-11H,4-5,8H2,1-2H3,(H3,15,17,18,19,20). The molecule has 3 atom stereocenters. The van der Waals surface area contributed by atoms with E-state index in [0.29, 0.717) is 23.9 Å². The second-order valence-corrected chi connectivity index (χ2v) is 5.91. The predicted octanol–water partition coefficient (Wildman–Crippen LogP) is 1.88. The van der Waals surface area contributed by atoms with E-state index in [9.17, 15) is 0 Å². The summed E-state index contributed by atoms with van der Waals surface area (Å²) in [5.41, 5.74) is 5.78. The lowest BCUT2D eigenvalue weighted by Crippen LogP contribution is -2.33. The maximum absolute atomic E-state index is 5.78. The van der Waals surface area contributed by atoms with E-state index in [0.717, 1.165) is 12.3 Å². The monoisotopic (exact) mass is 287 g/mol. The van der Waals surface area contributed by atoms with Crippen LogP contribution >= 0.6 is 0 Å². The minimum Gasteiger partial charge on any atom is -0.368 e. The molecule has 0 spiro atoms. The molecule has 1 aliphatic rings. The number of aromatic nitrogens is 5. The highest BCUT2D eigenvalue weighted by Crippen LogP contribution is 2.30. The SMILES string of the molecule is CC1CCC(Nc2nc(N)nc(-n3cccn3)n2)C(C)C1. The maximum atomic E-state index is 5.78. The first-order valence-electron chi connectivity index (χ1n) is 7.40. The van der Waals surface area contributed by atoms with Crippen molar-refractivity contribution in [3.63, 3.8) is 0 Å². The first kappa shape index (κ1) is 13.8. The minimum atomic E-state index is 0.204. The van der Waals surface area contributed by atoms with Crippen molar-refractivity contribution in [2.45, 2.75) is 39.2 Å². The molecule has 2 heterocycles. The smallest absolute Gasteiger partial charge is 0.257 e. The molecule has 2 aromatic rings. The molecule has 0 radical (unpaired) electrons. The Labute approximate surface area is 124 Å². The van der Waals surface area contributed by atoms with Crippen LogP contribution in [0, 0.1) is 11.8 Å². The molecule has 1 aliphatic carbocycles. The molecule has 0 saturated heterocycles. The van der Waals surface area contributed by atoms with Crippen LogP contribution in [0.15, 0.2) is 18.5 Å². The second kappa shape index (κ2) is 5.67. The number of hydrogen-bond acceptors (Lipinski definition) is 6. The van der Waals surface area contributed by atoms with Gasteiger partial charge in [0.2, 0.25) is 11.9 Å². The lowest BCUT2D eigenvalue weighted by molar-refractivity contribution is 0.276. The van der Waals surface area contributed by atoms with Crippen LogP contribution in [0.3, 0.4) is 0 Å². The van der Waals surface area contributed by atoms with Gasteiger partial charge in [0, 0.05) is 18.4 Å². The van der Waals surface area contributed by atoms with Crippen LogP contribution in [0.2, 0.25) is 0 Å². The summed E-state index contributed by atoms with van der Waals surface area (Å²) >= 11 is 0. The van der Waals surface area contributed by atoms with Crippen LogP contribution in [0.25, 0.3) is 5.95 Å². The van der Waals surface area contributed by atoms with Gasteiger partial charge in [-0.25, -0.2) is 4.68 Å². The summed E-state index contributed by atoms with van der Waals surface area (Å²) in [4.78, 5) is 12.7. The number of hydrogen-bond donors (Lipinski definition) is 2. The summed E-state index contributed by atoms with van der Waals surface area (Å²) in [6.45, 7) is 4.58. The van der Waals surface area contributed by atoms with Crippen LogP contribution in [0.5, 0.6) is 0 Å². The molecule has 1 saturated carbocycles. The summed E-state index contributed by atoms with van der Waals surface area (Å²) in [5.74, 6) is 2.56. The molecule has 3 rings (SSSR count). The zero-order chi connectivity index (χ0) is 14.8. The Bertz CT molecular complexity index is 595. The van der Waals surface area contributed by atoms with Gasteiger partial charge >= 0.3 is 0 Å². The Morgan fingerprint density at radius 2 is 2.10 bits per heavy atom. The van der Waals surface area contributed by atoms with Crippen LogP contribution in [-0.4, -0.2) is 30.8 Å². The topological polar surface area (TPSA) is 94.5 Å². The van der Waals surface area contributed by atoms with E-state index in [1.54, 1.807) is 17.1 Å². The van der Waals surface area contributed by atoms with Gasteiger partial charge in [-0.15, -0.1) is 0 Å². The number of nitrogens with one attached hydrogen (secondary N) is 1. The van der Waals surface area contributed by atoms with Gasteiger partial charge in [-0.2, -0.15) is 20.1 Å². The van der Waals surface area contributed by atoms with E-state index in [1.807, 2.05) is 6.07 Å². The van der Waals surface area contributed by atoms with Crippen molar-refractivity contribution in [2.75, 3.05) is 11.1 Å². The molecule has 3 N–H and O–H groups in total. The highest BCUT2D eigenvalue weighted by molar-refractivity contribution is 5.35. The van der Waals surface area contributed by atoms with Crippen LogP contribution in [-0.2, 0) is 0 Å². The van der Waals surface area contributed by atoms with Crippen molar-refractivity contribution in [3.05, 3.63) is 18.5 Å². The van der Waals surface area contributed by atoms with E-state index in [1.165, 1.54) is 12.8 Å². The van der Waals surface area contributed by atoms with Gasteiger partial charge in [-0.3, -0.25) is 0 Å². The lowest BCUT2D eigenvalue weighted by Gasteiger charge is -2.33. The number of anilines is 2. The first-order chi connectivity index (χ1) is 10.1. The number of nitrogens with two attached hydrogens (primary N) is 1. The molecule has 0 amide bonds. The fraction of sp³-hybridized carbons (Fsp3) is 0.571. The van der Waals surface area contributed by atoms with Crippen LogP contribution in [0.4, 0.5) is 11.9 Å². The van der Waals surface area contributed by atoms with E-state index < -0.39 is 0 Å². The van der Waals surface area contributed by atoms with Gasteiger partial charge in [0.25, 0.3) is 5.95 Å². The lowest BCUT2D eigenvalue weighted by atomic mass is 9.80. The van der Waals surface area contributed by atoms with E-state index in [2.05, 4.69) is 39.2 Å². The largest absolute Gasteiger partial charge is 0.368 e. The Hall–Kier alpha value is -2.18. The third-order valence-corrected chi connectivity index (χ3v) is 4.10. The van der Waals surface area contributed by atoms with Crippen molar-refractivity contribution in [2.24, 2.45) is 11.8 Å². The van der Waals surface area contributed by atoms with Crippen molar-refractivity contribution in [1.29, 1.82) is 0 Å². The molecule has 7 nitrogen and oxygen atoms in total. The van der Waals surface area contributed by atoms with E-state index in [4.69, 9.17) is 5.73 Å². The summed E-state index contributed by atoms with van der Waals surface area (Å²) in [5, 5.41) is 7.53. The summed E-state index contributed by atoms with van der Waals surface area (Å²) in [6, 6.07) is 2.20. The highest BCUT2D eigenvalue weighted by Gasteiger charge is 2.26. The number of rotatable bonds is 3. The maximum Gasteiger partial charge on any atom is 0.257 e. The van der Waals surface area contributed by atoms with Crippen LogP contribution in [0.1, 0.15) is 33.1 Å². The number of nitrogen functional groups attached to an aromatic ring is 1. The van der Waals surface area contributed by atoms with E-state index in [-0.39, 0.29) is 5.95 Å². The van der Waals surface area contributed by atoms with Gasteiger partial charge in [0.05, 0.1) is 0 Å². The Morgan fingerprint density at radius 1 is 1.24 bits per heavy atom. The summed E-state index contributed by atoms with van der Waals surface area (Å²) < 4.78 is 1.58. The molecular formula is C14H21N7. The van der Waals surface area contributed by atoms with Crippen LogP contribution < -0.4 is 11.1 Å². The molecule has 0 bridgehead atoms. The van der Waals surface area contributed by atoms with Gasteiger partial charge in [0.15, 0.2) is 0 Å². The average molecular weight is 287 g/mol. The fourth-order valence-corrected chi connectivity index (χ4v) is 2.98. The van der Waals surface area contributed by atoms with Gasteiger partial charge in [0.1, 0.15) is 0 Å². The zero-order valence-corrected chi connectivity index (χ0v) is 12.4. The zero-order valence-electron chi connectivity index (χ0n) is 12.4. The molecule has 112 valence electrons. The van der Waals surface area contributed by atoms with Crippen molar-refractivity contribution in [3.8, 4) is 5.95 Å². The average Bonchev–Trinajstić information content (AvgIpc) is 2.95. The molecule has 21 heavy (non-hydrogen) atoms.